The maximum atomic E-state index is 3.50. The molecule has 0 aromatic rings. The molecule has 0 radical (unpaired) electrons. The maximum Gasteiger partial charge on any atom is 0.0125 e. The molecule has 2 saturated heterocycles. The molecule has 27 heavy (non-hydrogen) atoms. The molecule has 1 saturated carbocycles. The Morgan fingerprint density at radius 1 is 0.630 bits per heavy atom. The van der Waals surface area contributed by atoms with Crippen LogP contribution in [0.2, 0.25) is 0 Å². The molecule has 1 atom stereocenters. The summed E-state index contributed by atoms with van der Waals surface area (Å²) in [5.74, 6) is 1.01. The van der Waals surface area contributed by atoms with E-state index in [-0.39, 0.29) is 0 Å². The van der Waals surface area contributed by atoms with Crippen molar-refractivity contribution >= 4 is 0 Å². The van der Waals surface area contributed by atoms with Crippen molar-refractivity contribution in [1.82, 2.24) is 10.2 Å². The second kappa shape index (κ2) is 10.6. The number of nitrogens with zero attached hydrogens (tertiary/aromatic N) is 1. The van der Waals surface area contributed by atoms with Crippen molar-refractivity contribution in [2.75, 3.05) is 19.6 Å². The van der Waals surface area contributed by atoms with Crippen LogP contribution in [-0.2, 0) is 0 Å². The summed E-state index contributed by atoms with van der Waals surface area (Å²) in [6.07, 6.45) is 11.4. The fourth-order valence-electron chi connectivity index (χ4n) is 4.60. The Labute approximate surface area is 172 Å². The van der Waals surface area contributed by atoms with Crippen LogP contribution in [0.15, 0.2) is 0 Å². The highest BCUT2D eigenvalue weighted by Gasteiger charge is 2.27. The van der Waals surface area contributed by atoms with Gasteiger partial charge < -0.3 is 5.32 Å². The molecular weight excluding hydrogens is 328 g/mol. The number of hydrogen-bond donors (Lipinski definition) is 1. The zero-order valence-corrected chi connectivity index (χ0v) is 20.4. The Morgan fingerprint density at radius 3 is 1.37 bits per heavy atom. The van der Waals surface area contributed by atoms with Gasteiger partial charge in [0.15, 0.2) is 0 Å². The van der Waals surface area contributed by atoms with Crippen LogP contribution in [-0.4, -0.2) is 36.1 Å². The Balaban J connectivity index is 0.000000202. The lowest BCUT2D eigenvalue weighted by Crippen LogP contribution is -2.38. The average Bonchev–Trinajstić information content (AvgIpc) is 3.28. The summed E-state index contributed by atoms with van der Waals surface area (Å²) in [6.45, 7) is 24.7. The summed E-state index contributed by atoms with van der Waals surface area (Å²) >= 11 is 0. The van der Waals surface area contributed by atoms with Gasteiger partial charge in [0.2, 0.25) is 0 Å². The Bertz CT molecular complexity index is 314. The third kappa shape index (κ3) is 9.79. The van der Waals surface area contributed by atoms with Crippen LogP contribution in [0.4, 0.5) is 0 Å². The first kappa shape index (κ1) is 25.0. The molecule has 0 amide bonds. The molecule has 3 fully saturated rings. The Hall–Kier alpha value is -0.0800. The van der Waals surface area contributed by atoms with Crippen LogP contribution in [0, 0.1) is 16.7 Å². The van der Waals surface area contributed by atoms with Crippen molar-refractivity contribution < 1.29 is 0 Å². The van der Waals surface area contributed by atoms with Crippen LogP contribution in [0.5, 0.6) is 0 Å². The predicted molar refractivity (Wildman–Crippen MR) is 122 cm³/mol. The first-order valence-corrected chi connectivity index (χ1v) is 11.8. The predicted octanol–water partition coefficient (Wildman–Crippen LogP) is 6.89. The molecule has 0 aromatic heterocycles. The van der Waals surface area contributed by atoms with Crippen molar-refractivity contribution in [2.45, 2.75) is 125 Å². The molecule has 2 aliphatic heterocycles. The molecule has 1 N–H and O–H groups in total. The minimum Gasteiger partial charge on any atom is -0.313 e. The van der Waals surface area contributed by atoms with Crippen LogP contribution < -0.4 is 5.32 Å². The molecule has 1 aliphatic carbocycles. The third-order valence-corrected chi connectivity index (χ3v) is 6.74. The van der Waals surface area contributed by atoms with E-state index in [9.17, 15) is 0 Å². The Kier molecular flexibility index (Phi) is 9.82. The van der Waals surface area contributed by atoms with E-state index >= 15 is 0 Å². The van der Waals surface area contributed by atoms with Gasteiger partial charge >= 0.3 is 0 Å². The van der Waals surface area contributed by atoms with E-state index in [1.165, 1.54) is 71.0 Å². The van der Waals surface area contributed by atoms with Crippen LogP contribution >= 0.6 is 0 Å². The first-order chi connectivity index (χ1) is 12.3. The van der Waals surface area contributed by atoms with Gasteiger partial charge in [0.25, 0.3) is 0 Å². The second-order valence-electron chi connectivity index (χ2n) is 12.2. The first-order valence-electron chi connectivity index (χ1n) is 11.8. The smallest absolute Gasteiger partial charge is 0.0125 e. The van der Waals surface area contributed by atoms with Gasteiger partial charge in [-0.25, -0.2) is 0 Å². The molecule has 3 rings (SSSR count). The van der Waals surface area contributed by atoms with Crippen LogP contribution in [0.1, 0.15) is 114 Å². The van der Waals surface area contributed by atoms with Gasteiger partial charge in [-0.15, -0.1) is 0 Å². The summed E-state index contributed by atoms with van der Waals surface area (Å²) < 4.78 is 0. The Morgan fingerprint density at radius 2 is 1.15 bits per heavy atom. The standard InChI is InChI=1S/C9H18.2C8H17N/c1-9(2,3)8-6-4-5-7-8;1-8(2,3)9-6-4-5-7-9;1-8(2,3)7-5-4-6-9-7/h8H,4-7H2,1-3H3;4-7H2,1-3H3;7,9H,4-6H2,1-3H3. The highest BCUT2D eigenvalue weighted by atomic mass is 15.2. The lowest BCUT2D eigenvalue weighted by Gasteiger charge is -2.31. The summed E-state index contributed by atoms with van der Waals surface area (Å²) in [7, 11) is 0. The van der Waals surface area contributed by atoms with E-state index in [0.29, 0.717) is 16.4 Å². The van der Waals surface area contributed by atoms with E-state index in [0.717, 1.165) is 12.0 Å². The van der Waals surface area contributed by atoms with Crippen molar-refractivity contribution in [2.24, 2.45) is 16.7 Å². The third-order valence-electron chi connectivity index (χ3n) is 6.74. The quantitative estimate of drug-likeness (QED) is 0.492. The number of likely N-dealkylation sites (tertiary alicyclic amines) is 1. The van der Waals surface area contributed by atoms with Crippen molar-refractivity contribution in [3.05, 3.63) is 0 Å². The lowest BCUT2D eigenvalue weighted by atomic mass is 9.80. The van der Waals surface area contributed by atoms with Crippen LogP contribution in [0.25, 0.3) is 0 Å². The molecule has 0 bridgehead atoms. The van der Waals surface area contributed by atoms with Crippen molar-refractivity contribution in [1.29, 1.82) is 0 Å². The minimum absolute atomic E-state index is 0.413. The minimum atomic E-state index is 0.413. The molecule has 0 spiro atoms. The SMILES string of the molecule is CC(C)(C)C1CCCC1.CC(C)(C)C1CCCN1.CC(C)(C)N1CCCC1. The van der Waals surface area contributed by atoms with Gasteiger partial charge in [0.1, 0.15) is 0 Å². The normalized spacial score (nSPS) is 25.0. The highest BCUT2D eigenvalue weighted by Crippen LogP contribution is 2.38. The molecular formula is C25H52N2. The van der Waals surface area contributed by atoms with Crippen LogP contribution in [0.3, 0.4) is 0 Å². The zero-order chi connectivity index (χ0) is 20.7. The van der Waals surface area contributed by atoms with E-state index in [2.05, 4.69) is 72.5 Å². The maximum absolute atomic E-state index is 3.50. The number of hydrogen-bond acceptors (Lipinski definition) is 2. The van der Waals surface area contributed by atoms with Gasteiger partial charge in [0, 0.05) is 11.6 Å². The summed E-state index contributed by atoms with van der Waals surface area (Å²) in [5.41, 5.74) is 1.46. The van der Waals surface area contributed by atoms with Gasteiger partial charge in [-0.05, 0) is 95.7 Å². The molecule has 0 aromatic carbocycles. The molecule has 1 unspecified atom stereocenters. The topological polar surface area (TPSA) is 15.3 Å². The summed E-state index contributed by atoms with van der Waals surface area (Å²) in [6, 6.07) is 0.762. The number of rotatable bonds is 0. The summed E-state index contributed by atoms with van der Waals surface area (Å²) in [4.78, 5) is 2.55. The average molecular weight is 381 g/mol. The lowest BCUT2D eigenvalue weighted by molar-refractivity contribution is 0.175. The molecule has 162 valence electrons. The van der Waals surface area contributed by atoms with Crippen molar-refractivity contribution in [3.63, 3.8) is 0 Å². The fourth-order valence-corrected chi connectivity index (χ4v) is 4.60. The molecule has 2 heterocycles. The largest absolute Gasteiger partial charge is 0.313 e. The van der Waals surface area contributed by atoms with E-state index in [4.69, 9.17) is 0 Å². The molecule has 3 aliphatic rings. The van der Waals surface area contributed by atoms with Gasteiger partial charge in [0.05, 0.1) is 0 Å². The fraction of sp³-hybridized carbons (Fsp3) is 1.00. The molecule has 2 nitrogen and oxygen atoms in total. The summed E-state index contributed by atoms with van der Waals surface area (Å²) in [5, 5.41) is 3.50. The highest BCUT2D eigenvalue weighted by molar-refractivity contribution is 4.84. The monoisotopic (exact) mass is 380 g/mol. The van der Waals surface area contributed by atoms with Gasteiger partial charge in [-0.1, -0.05) is 54.4 Å². The molecule has 2 heteroatoms. The van der Waals surface area contributed by atoms with E-state index < -0.39 is 0 Å². The van der Waals surface area contributed by atoms with Gasteiger partial charge in [-0.2, -0.15) is 0 Å². The van der Waals surface area contributed by atoms with Crippen molar-refractivity contribution in [3.8, 4) is 0 Å². The number of nitrogens with one attached hydrogen (secondary N) is 1. The van der Waals surface area contributed by atoms with E-state index in [1.54, 1.807) is 0 Å². The van der Waals surface area contributed by atoms with E-state index in [1.807, 2.05) is 0 Å². The second-order valence-corrected chi connectivity index (χ2v) is 12.2. The van der Waals surface area contributed by atoms with Gasteiger partial charge in [-0.3, -0.25) is 4.90 Å². The zero-order valence-electron chi connectivity index (χ0n) is 20.4.